The van der Waals surface area contributed by atoms with Gasteiger partial charge in [0.2, 0.25) is 0 Å². The Balaban J connectivity index is 2.73. The van der Waals surface area contributed by atoms with Crippen LogP contribution in [-0.2, 0) is 6.54 Å². The number of nitrogens with zero attached hydrogens (tertiary/aromatic N) is 1. The molecule has 120 valence electrons. The number of benzene rings is 1. The fraction of sp³-hybridized carbons (Fsp3) is 0.667. The molecule has 0 fully saturated rings. The largest absolute Gasteiger partial charge is 0.312 e. The van der Waals surface area contributed by atoms with Crippen LogP contribution < -0.4 is 5.32 Å². The first kappa shape index (κ1) is 18.1. The van der Waals surface area contributed by atoms with E-state index >= 15 is 0 Å². The van der Waals surface area contributed by atoms with Crippen LogP contribution in [0, 0.1) is 5.82 Å². The molecule has 0 amide bonds. The molecule has 1 N–H and O–H groups in total. The maximum absolute atomic E-state index is 13.8. The standard InChI is InChI=1S/C18H31FN2/c1-5-10-17(20-13-6-2)18(7-3)21(4)14-15-11-8-9-12-16(15)19/h8-9,11-12,17-18,20H,5-7,10,13-14H2,1-4H3. The molecule has 0 aliphatic heterocycles. The highest BCUT2D eigenvalue weighted by Gasteiger charge is 2.23. The van der Waals surface area contributed by atoms with E-state index in [1.807, 2.05) is 12.1 Å². The number of hydrogen-bond acceptors (Lipinski definition) is 2. The Morgan fingerprint density at radius 1 is 1.14 bits per heavy atom. The summed E-state index contributed by atoms with van der Waals surface area (Å²) in [5, 5.41) is 3.67. The Hall–Kier alpha value is -0.930. The van der Waals surface area contributed by atoms with Crippen LogP contribution in [0.2, 0.25) is 0 Å². The Morgan fingerprint density at radius 2 is 1.86 bits per heavy atom. The molecule has 0 aromatic heterocycles. The number of rotatable bonds is 10. The summed E-state index contributed by atoms with van der Waals surface area (Å²) in [4.78, 5) is 2.29. The minimum absolute atomic E-state index is 0.104. The van der Waals surface area contributed by atoms with Gasteiger partial charge in [-0.2, -0.15) is 0 Å². The monoisotopic (exact) mass is 294 g/mol. The first-order valence-corrected chi connectivity index (χ1v) is 8.30. The van der Waals surface area contributed by atoms with Crippen LogP contribution in [0.5, 0.6) is 0 Å². The molecule has 0 aliphatic rings. The van der Waals surface area contributed by atoms with Crippen molar-refractivity contribution in [2.24, 2.45) is 0 Å². The second-order valence-corrected chi connectivity index (χ2v) is 5.83. The number of hydrogen-bond donors (Lipinski definition) is 1. The van der Waals surface area contributed by atoms with Gasteiger partial charge in [0.25, 0.3) is 0 Å². The third kappa shape index (κ3) is 5.76. The summed E-state index contributed by atoms with van der Waals surface area (Å²) in [5.74, 6) is -0.104. The predicted molar refractivity (Wildman–Crippen MR) is 88.9 cm³/mol. The molecule has 0 heterocycles. The van der Waals surface area contributed by atoms with Gasteiger partial charge in [-0.05, 0) is 38.9 Å². The highest BCUT2D eigenvalue weighted by molar-refractivity contribution is 5.17. The van der Waals surface area contributed by atoms with E-state index in [9.17, 15) is 4.39 Å². The molecule has 0 saturated heterocycles. The third-order valence-electron chi connectivity index (χ3n) is 4.08. The molecule has 0 spiro atoms. The lowest BCUT2D eigenvalue weighted by Crippen LogP contribution is -2.48. The zero-order valence-electron chi connectivity index (χ0n) is 14.0. The highest BCUT2D eigenvalue weighted by Crippen LogP contribution is 2.17. The zero-order valence-corrected chi connectivity index (χ0v) is 14.0. The predicted octanol–water partition coefficient (Wildman–Crippen LogP) is 4.20. The van der Waals surface area contributed by atoms with E-state index in [-0.39, 0.29) is 5.82 Å². The fourth-order valence-electron chi connectivity index (χ4n) is 2.99. The van der Waals surface area contributed by atoms with E-state index < -0.39 is 0 Å². The number of nitrogens with one attached hydrogen (secondary N) is 1. The molecule has 1 aromatic rings. The van der Waals surface area contributed by atoms with E-state index in [2.05, 4.69) is 38.0 Å². The molecule has 21 heavy (non-hydrogen) atoms. The maximum atomic E-state index is 13.8. The van der Waals surface area contributed by atoms with Crippen LogP contribution in [-0.4, -0.2) is 30.6 Å². The van der Waals surface area contributed by atoms with Gasteiger partial charge in [0, 0.05) is 24.2 Å². The second kappa shape index (κ2) is 9.91. The molecule has 3 heteroatoms. The SMILES string of the molecule is CCCNC(CCC)C(CC)N(C)Cc1ccccc1F. The summed E-state index contributed by atoms with van der Waals surface area (Å²) in [6.45, 7) is 8.36. The van der Waals surface area contributed by atoms with Crippen molar-refractivity contribution >= 4 is 0 Å². The Labute approximate surface area is 129 Å². The lowest BCUT2D eigenvalue weighted by molar-refractivity contribution is 0.170. The lowest BCUT2D eigenvalue weighted by Gasteiger charge is -2.35. The van der Waals surface area contributed by atoms with Crippen LogP contribution in [0.1, 0.15) is 52.0 Å². The fourth-order valence-corrected chi connectivity index (χ4v) is 2.99. The van der Waals surface area contributed by atoms with E-state index in [4.69, 9.17) is 0 Å². The summed E-state index contributed by atoms with van der Waals surface area (Å²) < 4.78 is 13.8. The minimum atomic E-state index is -0.104. The van der Waals surface area contributed by atoms with Gasteiger partial charge in [0.05, 0.1) is 0 Å². The average Bonchev–Trinajstić information content (AvgIpc) is 2.48. The van der Waals surface area contributed by atoms with Gasteiger partial charge < -0.3 is 5.32 Å². The number of likely N-dealkylation sites (N-methyl/N-ethyl adjacent to an activating group) is 1. The van der Waals surface area contributed by atoms with Crippen molar-refractivity contribution < 1.29 is 4.39 Å². The lowest BCUT2D eigenvalue weighted by atomic mass is 9.98. The van der Waals surface area contributed by atoms with Crippen LogP contribution >= 0.6 is 0 Å². The van der Waals surface area contributed by atoms with Gasteiger partial charge in [0.1, 0.15) is 5.82 Å². The molecule has 1 aromatic carbocycles. The average molecular weight is 294 g/mol. The molecule has 1 rings (SSSR count). The van der Waals surface area contributed by atoms with E-state index in [0.717, 1.165) is 24.9 Å². The minimum Gasteiger partial charge on any atom is -0.312 e. The van der Waals surface area contributed by atoms with Crippen molar-refractivity contribution in [2.45, 2.75) is 65.1 Å². The normalized spacial score (nSPS) is 14.4. The molecule has 0 bridgehead atoms. The van der Waals surface area contributed by atoms with E-state index in [0.29, 0.717) is 18.6 Å². The van der Waals surface area contributed by atoms with Crippen LogP contribution in [0.25, 0.3) is 0 Å². The summed E-state index contributed by atoms with van der Waals surface area (Å²) in [6.07, 6.45) is 4.56. The number of halogens is 1. The molecule has 0 radical (unpaired) electrons. The van der Waals surface area contributed by atoms with Gasteiger partial charge in [-0.3, -0.25) is 4.90 Å². The van der Waals surface area contributed by atoms with Gasteiger partial charge >= 0.3 is 0 Å². The Bertz CT molecular complexity index is 395. The first-order chi connectivity index (χ1) is 10.1. The summed E-state index contributed by atoms with van der Waals surface area (Å²) in [5.41, 5.74) is 0.782. The highest BCUT2D eigenvalue weighted by atomic mass is 19.1. The Kier molecular flexibility index (Phi) is 8.55. The van der Waals surface area contributed by atoms with Crippen molar-refractivity contribution in [1.82, 2.24) is 10.2 Å². The molecular formula is C18H31FN2. The van der Waals surface area contributed by atoms with Crippen molar-refractivity contribution in [3.8, 4) is 0 Å². The quantitative estimate of drug-likeness (QED) is 0.695. The smallest absolute Gasteiger partial charge is 0.127 e. The molecule has 0 aliphatic carbocycles. The van der Waals surface area contributed by atoms with Crippen molar-refractivity contribution in [3.63, 3.8) is 0 Å². The summed E-state index contributed by atoms with van der Waals surface area (Å²) in [7, 11) is 2.11. The van der Waals surface area contributed by atoms with Crippen molar-refractivity contribution in [3.05, 3.63) is 35.6 Å². The zero-order chi connectivity index (χ0) is 15.7. The molecule has 2 atom stereocenters. The van der Waals surface area contributed by atoms with Crippen LogP contribution in [0.15, 0.2) is 24.3 Å². The molecular weight excluding hydrogens is 263 g/mol. The molecule has 0 saturated carbocycles. The topological polar surface area (TPSA) is 15.3 Å². The van der Waals surface area contributed by atoms with Gasteiger partial charge in [-0.25, -0.2) is 4.39 Å². The first-order valence-electron chi connectivity index (χ1n) is 8.30. The van der Waals surface area contributed by atoms with Crippen molar-refractivity contribution in [2.75, 3.05) is 13.6 Å². The Morgan fingerprint density at radius 3 is 2.43 bits per heavy atom. The summed E-state index contributed by atoms with van der Waals surface area (Å²) >= 11 is 0. The van der Waals surface area contributed by atoms with Gasteiger partial charge in [-0.15, -0.1) is 0 Å². The third-order valence-corrected chi connectivity index (χ3v) is 4.08. The van der Waals surface area contributed by atoms with E-state index in [1.165, 1.54) is 12.8 Å². The summed E-state index contributed by atoms with van der Waals surface area (Å²) in [6, 6.07) is 8.01. The maximum Gasteiger partial charge on any atom is 0.127 e. The van der Waals surface area contributed by atoms with Crippen molar-refractivity contribution in [1.29, 1.82) is 0 Å². The van der Waals surface area contributed by atoms with Gasteiger partial charge in [-0.1, -0.05) is 45.4 Å². The molecule has 2 unspecified atom stereocenters. The van der Waals surface area contributed by atoms with E-state index in [1.54, 1.807) is 12.1 Å². The second-order valence-electron chi connectivity index (χ2n) is 5.83. The van der Waals surface area contributed by atoms with Crippen LogP contribution in [0.4, 0.5) is 4.39 Å². The van der Waals surface area contributed by atoms with Crippen LogP contribution in [0.3, 0.4) is 0 Å². The van der Waals surface area contributed by atoms with Gasteiger partial charge in [0.15, 0.2) is 0 Å². The molecule has 2 nitrogen and oxygen atoms in total.